The molecule has 1 aliphatic rings. The Labute approximate surface area is 202 Å². The van der Waals surface area contributed by atoms with Gasteiger partial charge in [0, 0.05) is 24.5 Å². The van der Waals surface area contributed by atoms with Crippen LogP contribution in [0.15, 0.2) is 48.9 Å². The Morgan fingerprint density at radius 3 is 2.72 bits per heavy atom. The summed E-state index contributed by atoms with van der Waals surface area (Å²) in [5, 5.41) is 13.6. The molecule has 2 amide bonds. The second kappa shape index (κ2) is 9.40. The van der Waals surface area contributed by atoms with Crippen LogP contribution < -0.4 is 5.32 Å². The van der Waals surface area contributed by atoms with E-state index in [0.717, 1.165) is 25.0 Å². The van der Waals surface area contributed by atoms with Gasteiger partial charge in [-0.3, -0.25) is 14.7 Å². The number of nitrogens with one attached hydrogen (secondary N) is 2. The molecule has 36 heavy (non-hydrogen) atoms. The van der Waals surface area contributed by atoms with Crippen LogP contribution in [-0.2, 0) is 11.0 Å². The molecule has 0 saturated carbocycles. The molecule has 1 aliphatic heterocycles. The Morgan fingerprint density at radius 2 is 1.97 bits per heavy atom. The number of halogens is 3. The summed E-state index contributed by atoms with van der Waals surface area (Å²) in [5.41, 5.74) is 1.09. The minimum Gasteiger partial charge on any atom is -0.340 e. The summed E-state index contributed by atoms with van der Waals surface area (Å²) in [7, 11) is 0. The monoisotopic (exact) mass is 498 g/mol. The predicted molar refractivity (Wildman–Crippen MR) is 120 cm³/mol. The first-order valence-corrected chi connectivity index (χ1v) is 11.3. The average molecular weight is 498 g/mol. The van der Waals surface area contributed by atoms with Crippen molar-refractivity contribution in [2.45, 2.75) is 31.5 Å². The number of hydrogen-bond acceptors (Lipinski definition) is 6. The van der Waals surface area contributed by atoms with E-state index in [4.69, 9.17) is 0 Å². The van der Waals surface area contributed by atoms with Crippen molar-refractivity contribution in [2.24, 2.45) is 0 Å². The van der Waals surface area contributed by atoms with Gasteiger partial charge in [0.05, 0.1) is 30.0 Å². The number of fused-ring (bicyclic) bond motifs is 1. The third-order valence-corrected chi connectivity index (χ3v) is 6.07. The lowest BCUT2D eigenvalue weighted by Gasteiger charge is -2.35. The molecule has 1 aromatic carbocycles. The highest BCUT2D eigenvalue weighted by Crippen LogP contribution is 2.37. The first-order valence-electron chi connectivity index (χ1n) is 11.3. The molecule has 0 spiro atoms. The zero-order valence-corrected chi connectivity index (χ0v) is 18.9. The van der Waals surface area contributed by atoms with Crippen molar-refractivity contribution in [1.82, 2.24) is 40.0 Å². The molecule has 0 radical (unpaired) electrons. The molecule has 4 heterocycles. The van der Waals surface area contributed by atoms with Crippen LogP contribution in [0.5, 0.6) is 0 Å². The second-order valence-electron chi connectivity index (χ2n) is 8.35. The summed E-state index contributed by atoms with van der Waals surface area (Å²) in [6.45, 7) is 0.212. The van der Waals surface area contributed by atoms with Crippen LogP contribution in [0.4, 0.5) is 13.2 Å². The maximum atomic E-state index is 13.1. The van der Waals surface area contributed by atoms with Gasteiger partial charge in [-0.15, -0.1) is 5.10 Å². The molecule has 4 aromatic rings. The topological polar surface area (TPSA) is 121 Å². The number of H-pyrrole nitrogens is 1. The molecule has 10 nitrogen and oxygen atoms in total. The maximum Gasteiger partial charge on any atom is 0.416 e. The van der Waals surface area contributed by atoms with E-state index in [0.29, 0.717) is 29.8 Å². The summed E-state index contributed by atoms with van der Waals surface area (Å²) in [4.78, 5) is 35.3. The molecular weight excluding hydrogens is 477 g/mol. The third-order valence-electron chi connectivity index (χ3n) is 6.07. The number of benzene rings is 1. The highest BCUT2D eigenvalue weighted by atomic mass is 19.4. The fraction of sp³-hybridized carbons (Fsp3) is 0.304. The van der Waals surface area contributed by atoms with E-state index < -0.39 is 17.6 Å². The number of aromatic nitrogens is 6. The number of amides is 2. The first kappa shape index (κ1) is 23.5. The standard InChI is InChI=1S/C23H21F3N8O2/c24-23(25,26)15-7-5-14(6-8-15)16-12-29-31-19(16)17-4-1-2-10-33(17)18(35)13-28-21(36)20-30-22-27-9-3-11-34(22)32-20/h3,5-9,11-12,17H,1-2,4,10,13H2,(H,28,36)(H,29,31)/t17-/m0/s1. The van der Waals surface area contributed by atoms with Crippen LogP contribution in [0.2, 0.25) is 0 Å². The van der Waals surface area contributed by atoms with E-state index in [-0.39, 0.29) is 30.1 Å². The molecule has 13 heteroatoms. The maximum absolute atomic E-state index is 13.1. The van der Waals surface area contributed by atoms with E-state index in [1.165, 1.54) is 22.8 Å². The Hall–Kier alpha value is -4.29. The lowest BCUT2D eigenvalue weighted by atomic mass is 9.94. The first-order chi connectivity index (χ1) is 17.3. The van der Waals surface area contributed by atoms with E-state index in [1.807, 2.05) is 0 Å². The number of rotatable bonds is 5. The molecule has 1 fully saturated rings. The summed E-state index contributed by atoms with van der Waals surface area (Å²) < 4.78 is 40.2. The van der Waals surface area contributed by atoms with Crippen LogP contribution >= 0.6 is 0 Å². The highest BCUT2D eigenvalue weighted by molar-refractivity contribution is 5.93. The molecule has 0 unspecified atom stereocenters. The van der Waals surface area contributed by atoms with Crippen molar-refractivity contribution < 1.29 is 22.8 Å². The number of nitrogens with zero attached hydrogens (tertiary/aromatic N) is 6. The number of alkyl halides is 3. The number of likely N-dealkylation sites (tertiary alicyclic amines) is 1. The minimum atomic E-state index is -4.43. The SMILES string of the molecule is O=C(NCC(=O)N1CCCC[C@H]1c1[nH]ncc1-c1ccc(C(F)(F)F)cc1)c1nc2ncccn2n1. The van der Waals surface area contributed by atoms with Gasteiger partial charge in [-0.25, -0.2) is 9.50 Å². The lowest BCUT2D eigenvalue weighted by molar-refractivity contribution is -0.137. The predicted octanol–water partition coefficient (Wildman–Crippen LogP) is 3.02. The molecule has 1 saturated heterocycles. The van der Waals surface area contributed by atoms with Crippen LogP contribution in [0.25, 0.3) is 16.9 Å². The van der Waals surface area contributed by atoms with Gasteiger partial charge in [0.15, 0.2) is 0 Å². The molecule has 0 bridgehead atoms. The molecule has 2 N–H and O–H groups in total. The Balaban J connectivity index is 1.31. The van der Waals surface area contributed by atoms with Gasteiger partial charge < -0.3 is 10.2 Å². The van der Waals surface area contributed by atoms with Crippen molar-refractivity contribution in [3.8, 4) is 11.1 Å². The van der Waals surface area contributed by atoms with Crippen molar-refractivity contribution in [3.63, 3.8) is 0 Å². The van der Waals surface area contributed by atoms with E-state index in [2.05, 4.69) is 30.6 Å². The number of piperidine rings is 1. The average Bonchev–Trinajstić information content (AvgIpc) is 3.54. The normalized spacial score (nSPS) is 16.3. The number of carbonyl (C=O) groups excluding carboxylic acids is 2. The van der Waals surface area contributed by atoms with Crippen molar-refractivity contribution in [1.29, 1.82) is 0 Å². The second-order valence-corrected chi connectivity index (χ2v) is 8.35. The fourth-order valence-corrected chi connectivity index (χ4v) is 4.31. The third kappa shape index (κ3) is 4.63. The van der Waals surface area contributed by atoms with Gasteiger partial charge in [-0.1, -0.05) is 12.1 Å². The Bertz CT molecular complexity index is 1360. The largest absolute Gasteiger partial charge is 0.416 e. The summed E-state index contributed by atoms with van der Waals surface area (Å²) in [6.07, 6.45) is 2.55. The van der Waals surface area contributed by atoms with Crippen molar-refractivity contribution in [3.05, 3.63) is 66.0 Å². The zero-order chi connectivity index (χ0) is 25.3. The molecular formula is C23H21F3N8O2. The molecule has 5 rings (SSSR count). The van der Waals surface area contributed by atoms with Crippen LogP contribution in [0.3, 0.4) is 0 Å². The summed E-state index contributed by atoms with van der Waals surface area (Å²) in [6, 6.07) is 6.12. The van der Waals surface area contributed by atoms with Gasteiger partial charge >= 0.3 is 6.18 Å². The van der Waals surface area contributed by atoms with E-state index >= 15 is 0 Å². The van der Waals surface area contributed by atoms with E-state index in [9.17, 15) is 22.8 Å². The summed E-state index contributed by atoms with van der Waals surface area (Å²) >= 11 is 0. The van der Waals surface area contributed by atoms with Gasteiger partial charge in [0.2, 0.25) is 11.7 Å². The smallest absolute Gasteiger partial charge is 0.340 e. The Kier molecular flexibility index (Phi) is 6.12. The molecule has 1 atom stereocenters. The highest BCUT2D eigenvalue weighted by Gasteiger charge is 2.32. The van der Waals surface area contributed by atoms with Gasteiger partial charge in [-0.2, -0.15) is 23.3 Å². The molecule has 3 aromatic heterocycles. The lowest BCUT2D eigenvalue weighted by Crippen LogP contribution is -2.44. The van der Waals surface area contributed by atoms with Crippen LogP contribution in [0.1, 0.15) is 47.2 Å². The minimum absolute atomic E-state index is 0.102. The van der Waals surface area contributed by atoms with Crippen molar-refractivity contribution in [2.75, 3.05) is 13.1 Å². The van der Waals surface area contributed by atoms with Gasteiger partial charge in [0.1, 0.15) is 0 Å². The van der Waals surface area contributed by atoms with Crippen LogP contribution in [-0.4, -0.2) is 59.6 Å². The van der Waals surface area contributed by atoms with Gasteiger partial charge in [-0.05, 0) is 43.0 Å². The fourth-order valence-electron chi connectivity index (χ4n) is 4.31. The molecule has 0 aliphatic carbocycles. The number of hydrogen-bond donors (Lipinski definition) is 2. The number of carbonyl (C=O) groups is 2. The number of aromatic amines is 1. The summed E-state index contributed by atoms with van der Waals surface area (Å²) in [5.74, 6) is -0.743. The molecule has 186 valence electrons. The Morgan fingerprint density at radius 1 is 1.17 bits per heavy atom. The van der Waals surface area contributed by atoms with Gasteiger partial charge in [0.25, 0.3) is 11.7 Å². The van der Waals surface area contributed by atoms with Crippen molar-refractivity contribution >= 4 is 17.6 Å². The van der Waals surface area contributed by atoms with E-state index in [1.54, 1.807) is 23.4 Å². The quantitative estimate of drug-likeness (QED) is 0.436. The zero-order valence-electron chi connectivity index (χ0n) is 18.9. The van der Waals surface area contributed by atoms with Crippen LogP contribution in [0, 0.1) is 0 Å².